The van der Waals surface area contributed by atoms with Gasteiger partial charge in [-0.3, -0.25) is 0 Å². The lowest BCUT2D eigenvalue weighted by Crippen LogP contribution is -2.68. The zero-order valence-electron chi connectivity index (χ0n) is 39.1. The molecule has 1 unspecified atom stereocenters. The van der Waals surface area contributed by atoms with E-state index < -0.39 is 46.5 Å². The van der Waals surface area contributed by atoms with Gasteiger partial charge < -0.3 is 38.0 Å². The van der Waals surface area contributed by atoms with E-state index in [-0.39, 0.29) is 35.2 Å². The van der Waals surface area contributed by atoms with Crippen LogP contribution in [0.3, 0.4) is 0 Å². The smallest absolute Gasteiger partial charge is 0.342 e. The Balaban J connectivity index is 1.45. The van der Waals surface area contributed by atoms with Crippen LogP contribution in [0.25, 0.3) is 6.08 Å². The van der Waals surface area contributed by atoms with Gasteiger partial charge in [0.15, 0.2) is 12.6 Å². The molecule has 11 heteroatoms. The number of esters is 1. The molecule has 1 aliphatic heterocycles. The third-order valence-electron chi connectivity index (χ3n) is 11.2. The molecule has 0 aromatic heterocycles. The molecule has 0 spiro atoms. The Bertz CT molecular complexity index is 2110. The van der Waals surface area contributed by atoms with Gasteiger partial charge in [0.25, 0.3) is 8.32 Å². The first-order valence-corrected chi connectivity index (χ1v) is 27.5. The van der Waals surface area contributed by atoms with Crippen molar-refractivity contribution in [2.45, 2.75) is 115 Å². The zero-order valence-corrected chi connectivity index (χ0v) is 41.1. The normalized spacial score (nSPS) is 18.0. The highest BCUT2D eigenvalue weighted by atomic mass is 28.4. The maximum Gasteiger partial charge on any atom is 0.342 e. The van der Waals surface area contributed by atoms with E-state index in [1.165, 1.54) is 17.5 Å². The predicted octanol–water partition coefficient (Wildman–Crippen LogP) is 9.28. The van der Waals surface area contributed by atoms with Gasteiger partial charge in [-0.15, -0.1) is 0 Å². The molecule has 5 atom stereocenters. The molecule has 338 valence electrons. The zero-order chi connectivity index (χ0) is 45.8. The molecule has 0 saturated carbocycles. The summed E-state index contributed by atoms with van der Waals surface area (Å²) >= 11 is 0. The van der Waals surface area contributed by atoms with Crippen LogP contribution in [0, 0.1) is 17.8 Å². The Hall–Kier alpha value is -4.52. The van der Waals surface area contributed by atoms with E-state index >= 15 is 0 Å². The summed E-state index contributed by atoms with van der Waals surface area (Å²) in [7, 11) is -1.30. The molecule has 1 aliphatic rings. The van der Waals surface area contributed by atoms with Crippen molar-refractivity contribution in [2.24, 2.45) is 5.92 Å². The first-order valence-electron chi connectivity index (χ1n) is 21.9. The van der Waals surface area contributed by atoms with Gasteiger partial charge in [0.2, 0.25) is 0 Å². The second-order valence-electron chi connectivity index (χ2n) is 18.9. The number of hydrogen-bond donors (Lipinski definition) is 1. The first kappa shape index (κ1) is 49.5. The second-order valence-corrected chi connectivity index (χ2v) is 28.8. The third-order valence-corrected chi connectivity index (χ3v) is 18.1. The number of aliphatic hydroxyl groups is 1. The molecule has 1 heterocycles. The van der Waals surface area contributed by atoms with E-state index in [0.29, 0.717) is 30.8 Å². The molecule has 1 fully saturated rings. The molecule has 63 heavy (non-hydrogen) atoms. The fourth-order valence-electron chi connectivity index (χ4n) is 8.01. The summed E-state index contributed by atoms with van der Waals surface area (Å²) in [5.74, 6) is 5.75. The molecular formula is C52H68O9Si2. The lowest BCUT2D eigenvalue weighted by Gasteiger charge is -2.45. The number of rotatable bonds is 19. The molecule has 1 saturated heterocycles. The molecule has 4 aromatic rings. The van der Waals surface area contributed by atoms with Crippen LogP contribution in [-0.2, 0) is 29.8 Å². The molecule has 9 nitrogen and oxygen atoms in total. The van der Waals surface area contributed by atoms with Crippen LogP contribution >= 0.6 is 0 Å². The average Bonchev–Trinajstić information content (AvgIpc) is 3.56. The van der Waals surface area contributed by atoms with Gasteiger partial charge in [-0.25, -0.2) is 4.79 Å². The van der Waals surface area contributed by atoms with Crippen LogP contribution in [0.1, 0.15) is 69.4 Å². The monoisotopic (exact) mass is 892 g/mol. The number of carbonyl (C=O) groups is 1. The van der Waals surface area contributed by atoms with Gasteiger partial charge in [-0.2, -0.15) is 0 Å². The summed E-state index contributed by atoms with van der Waals surface area (Å²) in [5, 5.41) is 14.0. The fraction of sp³-hybridized carbons (Fsp3) is 0.442. The summed E-state index contributed by atoms with van der Waals surface area (Å²) in [5.41, 5.74) is 1.94. The lowest BCUT2D eigenvalue weighted by molar-refractivity contribution is -0.151. The van der Waals surface area contributed by atoms with Crippen LogP contribution in [0.2, 0.25) is 30.7 Å². The Kier molecular flexibility index (Phi) is 17.2. The van der Waals surface area contributed by atoms with Crippen molar-refractivity contribution in [2.75, 3.05) is 27.6 Å². The van der Waals surface area contributed by atoms with Crippen molar-refractivity contribution in [1.82, 2.24) is 0 Å². The molecule has 0 bridgehead atoms. The lowest BCUT2D eigenvalue weighted by atomic mass is 9.94. The van der Waals surface area contributed by atoms with E-state index in [1.54, 1.807) is 19.2 Å². The fourth-order valence-corrected chi connectivity index (χ4v) is 13.5. The van der Waals surface area contributed by atoms with E-state index in [2.05, 4.69) is 120 Å². The summed E-state index contributed by atoms with van der Waals surface area (Å²) < 4.78 is 42.7. The largest absolute Gasteiger partial charge is 0.497 e. The quantitative estimate of drug-likeness (QED) is 0.0428. The second kappa shape index (κ2) is 21.9. The van der Waals surface area contributed by atoms with Crippen molar-refractivity contribution < 1.29 is 42.7 Å². The minimum Gasteiger partial charge on any atom is -0.497 e. The van der Waals surface area contributed by atoms with E-state index in [9.17, 15) is 9.90 Å². The van der Waals surface area contributed by atoms with Gasteiger partial charge in [0, 0.05) is 27.2 Å². The van der Waals surface area contributed by atoms with Crippen LogP contribution in [0.15, 0.2) is 109 Å². The maximum atomic E-state index is 13.6. The van der Waals surface area contributed by atoms with Crippen molar-refractivity contribution in [3.05, 3.63) is 126 Å². The van der Waals surface area contributed by atoms with E-state index in [4.69, 9.17) is 32.8 Å². The van der Waals surface area contributed by atoms with Gasteiger partial charge in [0.05, 0.1) is 25.9 Å². The number of ether oxygens (including phenoxy) is 6. The van der Waals surface area contributed by atoms with Gasteiger partial charge >= 0.3 is 5.97 Å². The van der Waals surface area contributed by atoms with Crippen LogP contribution in [0.4, 0.5) is 0 Å². The first-order chi connectivity index (χ1) is 29.9. The van der Waals surface area contributed by atoms with E-state index in [1.807, 2.05) is 56.3 Å². The molecular weight excluding hydrogens is 825 g/mol. The Morgan fingerprint density at radius 1 is 0.889 bits per heavy atom. The summed E-state index contributed by atoms with van der Waals surface area (Å²) in [6.45, 7) is 19.5. The summed E-state index contributed by atoms with van der Waals surface area (Å²) in [6.07, 6.45) is 1.88. The average molecular weight is 893 g/mol. The van der Waals surface area contributed by atoms with Crippen molar-refractivity contribution in [3.8, 4) is 23.3 Å². The highest BCUT2D eigenvalue weighted by Gasteiger charge is 2.51. The third kappa shape index (κ3) is 13.3. The van der Waals surface area contributed by atoms with Crippen molar-refractivity contribution >= 4 is 38.8 Å². The van der Waals surface area contributed by atoms with Crippen molar-refractivity contribution in [3.63, 3.8) is 0 Å². The standard InChI is InChI=1S/C52H68O9Si2/c1-38(61-63(51(2,3)4,43-25-17-13-18-26-43)44-27-19-14-20-28-44)40(34-39-22-15-12-16-23-39)30-31-45(53)49-46(59-52(5,6)60-49)29-21-24-41-35-42(56-8)36-47(58-37-55-7)48(41)50(54)57-32-33-62(9,10)11/h12-28,35-36,38,40,45-46,49,53H,29,32-34,37H2,1-11H3/t38-,40-,45?,46-,49+/m0/s1. The molecule has 0 radical (unpaired) electrons. The van der Waals surface area contributed by atoms with Gasteiger partial charge in [0.1, 0.15) is 29.3 Å². The van der Waals surface area contributed by atoms with Gasteiger partial charge in [-0.1, -0.05) is 155 Å². The summed E-state index contributed by atoms with van der Waals surface area (Å²) in [4.78, 5) is 13.6. The van der Waals surface area contributed by atoms with Crippen LogP contribution < -0.4 is 19.8 Å². The number of hydrogen-bond acceptors (Lipinski definition) is 9. The highest BCUT2D eigenvalue weighted by Crippen LogP contribution is 2.39. The Labute approximate surface area is 378 Å². The number of carbonyl (C=O) groups excluding carboxylic acids is 1. The molecule has 1 N–H and O–H groups in total. The topological polar surface area (TPSA) is 102 Å². The number of methoxy groups -OCH3 is 2. The van der Waals surface area contributed by atoms with Crippen LogP contribution in [-0.4, -0.2) is 85.3 Å². The maximum absolute atomic E-state index is 13.6. The molecule has 5 rings (SSSR count). The molecule has 0 amide bonds. The Morgan fingerprint density at radius 3 is 2.05 bits per heavy atom. The molecule has 0 aliphatic carbocycles. The number of aliphatic hydroxyl groups excluding tert-OH is 1. The minimum absolute atomic E-state index is 0.0645. The van der Waals surface area contributed by atoms with Gasteiger partial charge in [-0.05, 0) is 72.3 Å². The summed E-state index contributed by atoms with van der Waals surface area (Å²) in [6, 6.07) is 35.7. The SMILES string of the molecule is COCOc1cc(OC)cc(C=CC[C@@H]2OC(C)(C)O[C@@H]2C(O)C#C[C@@H](Cc2ccccc2)[C@H](C)O[Si](c2ccccc2)(c2ccccc2)C(C)(C)C)c1C(=O)OCC[Si](C)(C)C. The predicted molar refractivity (Wildman–Crippen MR) is 257 cm³/mol. The van der Waals surface area contributed by atoms with Crippen molar-refractivity contribution in [1.29, 1.82) is 0 Å². The number of benzene rings is 4. The van der Waals surface area contributed by atoms with Crippen LogP contribution in [0.5, 0.6) is 11.5 Å². The minimum atomic E-state index is -2.92. The highest BCUT2D eigenvalue weighted by molar-refractivity contribution is 6.99. The Morgan fingerprint density at radius 2 is 1.49 bits per heavy atom. The van der Waals surface area contributed by atoms with E-state index in [0.717, 1.165) is 11.6 Å². The molecule has 4 aromatic carbocycles.